The van der Waals surface area contributed by atoms with Crippen molar-refractivity contribution in [3.8, 4) is 0 Å². The van der Waals surface area contributed by atoms with Crippen LogP contribution in [-0.4, -0.2) is 10.1 Å². The van der Waals surface area contributed by atoms with E-state index in [0.717, 1.165) is 5.69 Å². The van der Waals surface area contributed by atoms with Crippen molar-refractivity contribution in [2.75, 3.05) is 0 Å². The van der Waals surface area contributed by atoms with Crippen molar-refractivity contribution in [1.29, 1.82) is 0 Å². The Hall–Kier alpha value is -1.61. The van der Waals surface area contributed by atoms with Crippen molar-refractivity contribution in [2.24, 2.45) is 0 Å². The highest BCUT2D eigenvalue weighted by Crippen LogP contribution is 2.16. The Morgan fingerprint density at radius 2 is 2.00 bits per heavy atom. The molecule has 1 aromatic heterocycles. The number of hydrogen-bond donors (Lipinski definition) is 1. The number of nitrogens with zero attached hydrogens (tertiary/aromatic N) is 1. The van der Waals surface area contributed by atoms with Crippen LogP contribution in [0.25, 0.3) is 0 Å². The predicted octanol–water partition coefficient (Wildman–Crippen LogP) is 2.37. The maximum absolute atomic E-state index is 9.02. The maximum Gasteiger partial charge on any atom is 0.199 e. The Morgan fingerprint density at radius 1 is 1.25 bits per heavy atom. The second-order valence-electron chi connectivity index (χ2n) is 3.88. The number of rotatable bonds is 3. The SMILES string of the molecule is Cc1ccccc1Cc1nc(C)c(CO)o1. The van der Waals surface area contributed by atoms with Crippen LogP contribution in [0.2, 0.25) is 0 Å². The zero-order valence-electron chi connectivity index (χ0n) is 9.53. The minimum atomic E-state index is -0.0907. The van der Waals surface area contributed by atoms with Crippen molar-refractivity contribution >= 4 is 0 Å². The Balaban J connectivity index is 2.24. The van der Waals surface area contributed by atoms with Crippen LogP contribution in [0.4, 0.5) is 0 Å². The Morgan fingerprint density at radius 3 is 2.62 bits per heavy atom. The first kappa shape index (κ1) is 10.9. The van der Waals surface area contributed by atoms with Crippen molar-refractivity contribution < 1.29 is 9.52 Å². The van der Waals surface area contributed by atoms with E-state index < -0.39 is 0 Å². The average molecular weight is 217 g/mol. The molecule has 0 amide bonds. The summed E-state index contributed by atoms with van der Waals surface area (Å²) < 4.78 is 5.46. The summed E-state index contributed by atoms with van der Waals surface area (Å²) >= 11 is 0. The zero-order chi connectivity index (χ0) is 11.5. The van der Waals surface area contributed by atoms with Crippen LogP contribution in [0, 0.1) is 13.8 Å². The summed E-state index contributed by atoms with van der Waals surface area (Å²) in [5.74, 6) is 1.22. The van der Waals surface area contributed by atoms with Gasteiger partial charge in [0, 0.05) is 6.42 Å². The van der Waals surface area contributed by atoms with Gasteiger partial charge in [-0.2, -0.15) is 0 Å². The van der Waals surface area contributed by atoms with Crippen LogP contribution in [-0.2, 0) is 13.0 Å². The first-order valence-corrected chi connectivity index (χ1v) is 5.31. The molecule has 0 bridgehead atoms. The molecule has 0 saturated heterocycles. The van der Waals surface area contributed by atoms with Crippen LogP contribution < -0.4 is 0 Å². The van der Waals surface area contributed by atoms with Gasteiger partial charge >= 0.3 is 0 Å². The standard InChI is InChI=1S/C13H15NO2/c1-9-5-3-4-6-11(9)7-13-14-10(2)12(8-15)16-13/h3-6,15H,7-8H2,1-2H3. The molecule has 84 valence electrons. The molecule has 0 atom stereocenters. The maximum atomic E-state index is 9.02. The van der Waals surface area contributed by atoms with Crippen molar-refractivity contribution in [1.82, 2.24) is 4.98 Å². The number of hydrogen-bond acceptors (Lipinski definition) is 3. The lowest BCUT2D eigenvalue weighted by atomic mass is 10.1. The molecule has 0 spiro atoms. The molecule has 0 fully saturated rings. The molecule has 1 heterocycles. The first-order chi connectivity index (χ1) is 7.70. The van der Waals surface area contributed by atoms with Gasteiger partial charge in [-0.05, 0) is 25.0 Å². The summed E-state index contributed by atoms with van der Waals surface area (Å²) in [4.78, 5) is 4.29. The minimum absolute atomic E-state index is 0.0907. The molecule has 1 aromatic carbocycles. The summed E-state index contributed by atoms with van der Waals surface area (Å²) in [5.41, 5.74) is 3.20. The summed E-state index contributed by atoms with van der Waals surface area (Å²) in [6, 6.07) is 8.15. The molecule has 16 heavy (non-hydrogen) atoms. The molecule has 0 unspecified atom stereocenters. The van der Waals surface area contributed by atoms with E-state index in [9.17, 15) is 0 Å². The lowest BCUT2D eigenvalue weighted by molar-refractivity contribution is 0.243. The molecular weight excluding hydrogens is 202 g/mol. The van der Waals surface area contributed by atoms with E-state index in [0.29, 0.717) is 18.1 Å². The lowest BCUT2D eigenvalue weighted by Gasteiger charge is -2.01. The summed E-state index contributed by atoms with van der Waals surface area (Å²) in [6.07, 6.45) is 0.674. The minimum Gasteiger partial charge on any atom is -0.443 e. The normalized spacial score (nSPS) is 10.7. The molecule has 0 aliphatic rings. The first-order valence-electron chi connectivity index (χ1n) is 5.31. The van der Waals surface area contributed by atoms with E-state index in [1.807, 2.05) is 19.1 Å². The molecule has 0 aliphatic heterocycles. The molecule has 0 aliphatic carbocycles. The van der Waals surface area contributed by atoms with Gasteiger partial charge in [-0.1, -0.05) is 24.3 Å². The molecule has 0 saturated carbocycles. The van der Waals surface area contributed by atoms with Crippen LogP contribution in [0.3, 0.4) is 0 Å². The molecule has 3 nitrogen and oxygen atoms in total. The highest BCUT2D eigenvalue weighted by Gasteiger charge is 2.09. The van der Waals surface area contributed by atoms with Crippen molar-refractivity contribution in [3.63, 3.8) is 0 Å². The van der Waals surface area contributed by atoms with Crippen LogP contribution in [0.1, 0.15) is 28.5 Å². The number of benzene rings is 1. The highest BCUT2D eigenvalue weighted by atomic mass is 16.4. The number of aryl methyl sites for hydroxylation is 2. The van der Waals surface area contributed by atoms with E-state index >= 15 is 0 Å². The van der Waals surface area contributed by atoms with Gasteiger partial charge in [-0.3, -0.25) is 0 Å². The van der Waals surface area contributed by atoms with Crippen LogP contribution in [0.5, 0.6) is 0 Å². The van der Waals surface area contributed by atoms with E-state index in [4.69, 9.17) is 9.52 Å². The van der Waals surface area contributed by atoms with Crippen molar-refractivity contribution in [3.05, 3.63) is 52.7 Å². The predicted molar refractivity (Wildman–Crippen MR) is 61.1 cm³/mol. The third kappa shape index (κ3) is 2.14. The molecule has 1 N–H and O–H groups in total. The number of aliphatic hydroxyl groups excluding tert-OH is 1. The molecule has 2 aromatic rings. The quantitative estimate of drug-likeness (QED) is 0.858. The fourth-order valence-electron chi connectivity index (χ4n) is 1.68. The van der Waals surface area contributed by atoms with Gasteiger partial charge in [0.1, 0.15) is 6.61 Å². The summed E-state index contributed by atoms with van der Waals surface area (Å²) in [5, 5.41) is 9.02. The van der Waals surface area contributed by atoms with Gasteiger partial charge in [-0.25, -0.2) is 4.98 Å². The summed E-state index contributed by atoms with van der Waals surface area (Å²) in [6.45, 7) is 3.82. The van der Waals surface area contributed by atoms with Gasteiger partial charge in [-0.15, -0.1) is 0 Å². The Kier molecular flexibility index (Phi) is 3.06. The molecule has 0 radical (unpaired) electrons. The molecular formula is C13H15NO2. The van der Waals surface area contributed by atoms with Gasteiger partial charge < -0.3 is 9.52 Å². The van der Waals surface area contributed by atoms with Crippen LogP contribution in [0.15, 0.2) is 28.7 Å². The third-order valence-electron chi connectivity index (χ3n) is 2.68. The molecule has 2 rings (SSSR count). The second-order valence-corrected chi connectivity index (χ2v) is 3.88. The molecule has 3 heteroatoms. The smallest absolute Gasteiger partial charge is 0.199 e. The number of oxazole rings is 1. The fraction of sp³-hybridized carbons (Fsp3) is 0.308. The average Bonchev–Trinajstić information content (AvgIpc) is 2.62. The Labute approximate surface area is 94.8 Å². The van der Waals surface area contributed by atoms with E-state index in [2.05, 4.69) is 24.0 Å². The largest absolute Gasteiger partial charge is 0.443 e. The highest BCUT2D eigenvalue weighted by molar-refractivity contribution is 5.28. The number of aliphatic hydroxyl groups is 1. The van der Waals surface area contributed by atoms with Gasteiger partial charge in [0.2, 0.25) is 0 Å². The topological polar surface area (TPSA) is 46.3 Å². The van der Waals surface area contributed by atoms with Gasteiger partial charge in [0.25, 0.3) is 0 Å². The third-order valence-corrected chi connectivity index (χ3v) is 2.68. The summed E-state index contributed by atoms with van der Waals surface area (Å²) in [7, 11) is 0. The Bertz CT molecular complexity index is 488. The number of aromatic nitrogens is 1. The van der Waals surface area contributed by atoms with E-state index in [-0.39, 0.29) is 6.61 Å². The van der Waals surface area contributed by atoms with Crippen molar-refractivity contribution in [2.45, 2.75) is 26.9 Å². The van der Waals surface area contributed by atoms with Gasteiger partial charge in [0.05, 0.1) is 5.69 Å². The zero-order valence-corrected chi connectivity index (χ0v) is 9.53. The van der Waals surface area contributed by atoms with Gasteiger partial charge in [0.15, 0.2) is 11.7 Å². The second kappa shape index (κ2) is 4.49. The monoisotopic (exact) mass is 217 g/mol. The fourth-order valence-corrected chi connectivity index (χ4v) is 1.68. The van der Waals surface area contributed by atoms with E-state index in [1.54, 1.807) is 0 Å². The lowest BCUT2D eigenvalue weighted by Crippen LogP contribution is -1.91. The van der Waals surface area contributed by atoms with Crippen LogP contribution >= 0.6 is 0 Å². The van der Waals surface area contributed by atoms with E-state index in [1.165, 1.54) is 11.1 Å².